The quantitative estimate of drug-likeness (QED) is 0.482. The highest BCUT2D eigenvalue weighted by Gasteiger charge is 2.34. The Morgan fingerprint density at radius 2 is 1.76 bits per heavy atom. The molecule has 0 aliphatic carbocycles. The minimum absolute atomic E-state index is 0.0443. The lowest BCUT2D eigenvalue weighted by molar-refractivity contribution is -0.136. The molecule has 0 unspecified atom stereocenters. The van der Waals surface area contributed by atoms with E-state index in [0.717, 1.165) is 23.9 Å². The molecule has 0 radical (unpaired) electrons. The smallest absolute Gasteiger partial charge is 0.418 e. The Labute approximate surface area is 190 Å². The summed E-state index contributed by atoms with van der Waals surface area (Å²) < 4.78 is 56.6. The first-order valence-electron chi connectivity index (χ1n) is 9.68. The van der Waals surface area contributed by atoms with Crippen molar-refractivity contribution in [3.05, 3.63) is 66.1 Å². The molecule has 7 nitrogen and oxygen atoms in total. The fraction of sp³-hybridized carbons (Fsp3) is 0.182. The first-order valence-corrected chi connectivity index (χ1v) is 10.7. The summed E-state index contributed by atoms with van der Waals surface area (Å²) in [5.41, 5.74) is -1.59. The first-order chi connectivity index (χ1) is 15.8. The molecule has 0 bridgehead atoms. The average Bonchev–Trinajstić information content (AvgIpc) is 3.33. The summed E-state index contributed by atoms with van der Waals surface area (Å²) in [4.78, 5) is 25.1. The number of carbonyl (C=O) groups excluding carboxylic acids is 2. The topological polar surface area (TPSA) is 89.8 Å². The molecule has 0 atom stereocenters. The Morgan fingerprint density at radius 3 is 2.48 bits per heavy atom. The number of furan rings is 1. The van der Waals surface area contributed by atoms with E-state index < -0.39 is 29.2 Å². The molecule has 2 amide bonds. The van der Waals surface area contributed by atoms with E-state index in [1.807, 2.05) is 0 Å². The van der Waals surface area contributed by atoms with Crippen LogP contribution in [0.4, 0.5) is 24.5 Å². The number of amides is 2. The molecule has 3 aromatic rings. The van der Waals surface area contributed by atoms with Gasteiger partial charge in [-0.3, -0.25) is 9.59 Å². The van der Waals surface area contributed by atoms with Gasteiger partial charge in [-0.2, -0.15) is 13.2 Å². The van der Waals surface area contributed by atoms with Crippen LogP contribution in [-0.4, -0.2) is 30.8 Å². The fourth-order valence-electron chi connectivity index (χ4n) is 3.01. The number of hydrogen-bond acceptors (Lipinski definition) is 6. The van der Waals surface area contributed by atoms with E-state index in [4.69, 9.17) is 13.9 Å². The number of anilines is 2. The van der Waals surface area contributed by atoms with Gasteiger partial charge in [-0.1, -0.05) is 0 Å². The second-order valence-corrected chi connectivity index (χ2v) is 7.88. The summed E-state index contributed by atoms with van der Waals surface area (Å²) >= 11 is 1.15. The van der Waals surface area contributed by atoms with E-state index in [2.05, 4.69) is 10.6 Å². The largest absolute Gasteiger partial charge is 0.486 e. The normalized spacial score (nSPS) is 12.8. The molecule has 1 aliphatic heterocycles. The number of thioether (sulfide) groups is 1. The van der Waals surface area contributed by atoms with Crippen LogP contribution in [0.25, 0.3) is 0 Å². The van der Waals surface area contributed by atoms with Crippen molar-refractivity contribution in [2.75, 3.05) is 29.6 Å². The van der Waals surface area contributed by atoms with Crippen LogP contribution in [0.5, 0.6) is 11.5 Å². The van der Waals surface area contributed by atoms with Crippen molar-refractivity contribution in [2.24, 2.45) is 0 Å². The van der Waals surface area contributed by atoms with Crippen molar-refractivity contribution in [3.63, 3.8) is 0 Å². The summed E-state index contributed by atoms with van der Waals surface area (Å²) in [7, 11) is 0. The van der Waals surface area contributed by atoms with Crippen LogP contribution in [0.1, 0.15) is 16.1 Å². The summed E-state index contributed by atoms with van der Waals surface area (Å²) in [6.45, 7) is 0.870. The number of halogens is 3. The average molecular weight is 478 g/mol. The van der Waals surface area contributed by atoms with Gasteiger partial charge in [-0.15, -0.1) is 11.8 Å². The highest BCUT2D eigenvalue weighted by atomic mass is 32.2. The van der Waals surface area contributed by atoms with Gasteiger partial charge >= 0.3 is 6.18 Å². The molecular formula is C22H17F3N2O5S. The van der Waals surface area contributed by atoms with Gasteiger partial charge in [-0.05, 0) is 48.5 Å². The van der Waals surface area contributed by atoms with E-state index in [0.29, 0.717) is 29.6 Å². The zero-order chi connectivity index (χ0) is 23.4. The van der Waals surface area contributed by atoms with E-state index >= 15 is 0 Å². The third-order valence-corrected chi connectivity index (χ3v) is 5.48. The molecule has 4 rings (SSSR count). The molecule has 0 saturated carbocycles. The molecule has 11 heteroatoms. The van der Waals surface area contributed by atoms with Gasteiger partial charge in [0.05, 0.1) is 23.3 Å². The lowest BCUT2D eigenvalue weighted by atomic mass is 10.1. The zero-order valence-corrected chi connectivity index (χ0v) is 17.7. The highest BCUT2D eigenvalue weighted by molar-refractivity contribution is 8.00. The van der Waals surface area contributed by atoms with Crippen LogP contribution < -0.4 is 20.1 Å². The monoisotopic (exact) mass is 478 g/mol. The minimum atomic E-state index is -4.75. The second-order valence-electron chi connectivity index (χ2n) is 6.83. The van der Waals surface area contributed by atoms with Gasteiger partial charge in [0.15, 0.2) is 17.3 Å². The van der Waals surface area contributed by atoms with E-state index in [9.17, 15) is 22.8 Å². The number of alkyl halides is 3. The standard InChI is InChI=1S/C22H17F3N2O5S/c23-22(24,25)15-10-13(26-21(29)18-2-1-7-30-18)3-5-16(15)27-20(28)12-33-14-4-6-17-19(11-14)32-9-8-31-17/h1-7,10-11H,8-9,12H2,(H,26,29)(H,27,28). The Kier molecular flexibility index (Phi) is 6.50. The highest BCUT2D eigenvalue weighted by Crippen LogP contribution is 2.37. The summed E-state index contributed by atoms with van der Waals surface area (Å²) in [6, 6.07) is 11.1. The van der Waals surface area contributed by atoms with Gasteiger partial charge in [0.25, 0.3) is 5.91 Å². The third kappa shape index (κ3) is 5.61. The van der Waals surface area contributed by atoms with Crippen LogP contribution in [0.15, 0.2) is 64.1 Å². The fourth-order valence-corrected chi connectivity index (χ4v) is 3.74. The second kappa shape index (κ2) is 9.49. The lowest BCUT2D eigenvalue weighted by Gasteiger charge is -2.18. The first kappa shape index (κ1) is 22.6. The third-order valence-electron chi connectivity index (χ3n) is 4.49. The molecule has 1 aromatic heterocycles. The van der Waals surface area contributed by atoms with E-state index in [1.165, 1.54) is 24.5 Å². The number of fused-ring (bicyclic) bond motifs is 1. The summed E-state index contributed by atoms with van der Waals surface area (Å²) in [5, 5.41) is 4.63. The predicted molar refractivity (Wildman–Crippen MR) is 115 cm³/mol. The molecule has 172 valence electrons. The number of nitrogens with one attached hydrogen (secondary N) is 2. The van der Waals surface area contributed by atoms with Crippen molar-refractivity contribution in [2.45, 2.75) is 11.1 Å². The molecule has 0 spiro atoms. The Morgan fingerprint density at radius 1 is 0.970 bits per heavy atom. The van der Waals surface area contributed by atoms with Gasteiger partial charge in [0.2, 0.25) is 5.91 Å². The number of hydrogen-bond donors (Lipinski definition) is 2. The van der Waals surface area contributed by atoms with Crippen LogP contribution in [-0.2, 0) is 11.0 Å². The molecular weight excluding hydrogens is 461 g/mol. The van der Waals surface area contributed by atoms with E-state index in [-0.39, 0.29) is 17.2 Å². The van der Waals surface area contributed by atoms with Crippen molar-refractivity contribution in [3.8, 4) is 11.5 Å². The minimum Gasteiger partial charge on any atom is -0.486 e. The Bertz CT molecular complexity index is 1170. The van der Waals surface area contributed by atoms with Gasteiger partial charge in [0.1, 0.15) is 13.2 Å². The van der Waals surface area contributed by atoms with E-state index in [1.54, 1.807) is 18.2 Å². The number of benzene rings is 2. The SMILES string of the molecule is O=C(CSc1ccc2c(c1)OCCO2)Nc1ccc(NC(=O)c2ccco2)cc1C(F)(F)F. The molecule has 33 heavy (non-hydrogen) atoms. The molecule has 2 N–H and O–H groups in total. The Balaban J connectivity index is 1.43. The van der Waals surface area contributed by atoms with Gasteiger partial charge in [0, 0.05) is 10.6 Å². The lowest BCUT2D eigenvalue weighted by Crippen LogP contribution is -2.19. The number of carbonyl (C=O) groups is 2. The molecule has 1 aliphatic rings. The maximum atomic E-state index is 13.6. The summed E-state index contributed by atoms with van der Waals surface area (Å²) in [5.74, 6) is -0.318. The maximum Gasteiger partial charge on any atom is 0.418 e. The summed E-state index contributed by atoms with van der Waals surface area (Å²) in [6.07, 6.45) is -3.48. The van der Waals surface area contributed by atoms with Crippen LogP contribution >= 0.6 is 11.8 Å². The molecule has 2 aromatic carbocycles. The zero-order valence-electron chi connectivity index (χ0n) is 16.9. The molecule has 0 fully saturated rings. The van der Waals surface area contributed by atoms with Crippen LogP contribution in [0, 0.1) is 0 Å². The number of rotatable bonds is 6. The van der Waals surface area contributed by atoms with Crippen molar-refractivity contribution < 1.29 is 36.7 Å². The molecule has 2 heterocycles. The van der Waals surface area contributed by atoms with Crippen molar-refractivity contribution >= 4 is 35.0 Å². The van der Waals surface area contributed by atoms with Crippen molar-refractivity contribution in [1.82, 2.24) is 0 Å². The predicted octanol–water partition coefficient (Wildman–Crippen LogP) is 5.05. The molecule has 0 saturated heterocycles. The van der Waals surface area contributed by atoms with Gasteiger partial charge in [-0.25, -0.2) is 0 Å². The maximum absolute atomic E-state index is 13.6. The van der Waals surface area contributed by atoms with Crippen LogP contribution in [0.2, 0.25) is 0 Å². The van der Waals surface area contributed by atoms with Crippen LogP contribution in [0.3, 0.4) is 0 Å². The Hall–Kier alpha value is -3.60. The number of ether oxygens (including phenoxy) is 2. The van der Waals surface area contributed by atoms with Crippen molar-refractivity contribution in [1.29, 1.82) is 0 Å². The van der Waals surface area contributed by atoms with Gasteiger partial charge < -0.3 is 24.5 Å².